The number of anilines is 1. The molecule has 1 atom stereocenters. The monoisotopic (exact) mass is 332 g/mol. The van der Waals surface area contributed by atoms with Crippen LogP contribution in [0.2, 0.25) is 5.02 Å². The first-order valence-corrected chi connectivity index (χ1v) is 8.79. The Bertz CT molecular complexity index is 652. The summed E-state index contributed by atoms with van der Waals surface area (Å²) in [5.74, 6) is 0.222. The largest absolute Gasteiger partial charge is 0.369 e. The fourth-order valence-corrected chi connectivity index (χ4v) is 4.73. The first-order chi connectivity index (χ1) is 9.69. The number of hydrogen-bond acceptors (Lipinski definition) is 5. The van der Waals surface area contributed by atoms with E-state index in [1.165, 1.54) is 12.1 Å². The van der Waals surface area contributed by atoms with E-state index in [9.17, 15) is 18.5 Å². The quantitative estimate of drug-likeness (QED) is 0.613. The van der Waals surface area contributed by atoms with Gasteiger partial charge in [-0.25, -0.2) is 8.42 Å². The lowest BCUT2D eigenvalue weighted by Crippen LogP contribution is -2.30. The van der Waals surface area contributed by atoms with Crippen LogP contribution in [-0.2, 0) is 9.84 Å². The van der Waals surface area contributed by atoms with Crippen LogP contribution < -0.4 is 4.90 Å². The first kappa shape index (κ1) is 16.0. The second-order valence-corrected chi connectivity index (χ2v) is 8.15. The summed E-state index contributed by atoms with van der Waals surface area (Å²) in [4.78, 5) is 12.3. The molecule has 0 bridgehead atoms. The first-order valence-electron chi connectivity index (χ1n) is 6.59. The Kier molecular flexibility index (Phi) is 4.43. The number of hydrogen-bond donors (Lipinski definition) is 0. The molecular weight excluding hydrogens is 316 g/mol. The molecule has 0 saturated carbocycles. The molecule has 21 heavy (non-hydrogen) atoms. The molecule has 1 fully saturated rings. The van der Waals surface area contributed by atoms with Gasteiger partial charge in [0, 0.05) is 25.2 Å². The molecule has 1 aliphatic heterocycles. The minimum Gasteiger partial charge on any atom is -0.369 e. The van der Waals surface area contributed by atoms with Gasteiger partial charge in [-0.05, 0) is 18.4 Å². The highest BCUT2D eigenvalue weighted by Crippen LogP contribution is 2.34. The van der Waals surface area contributed by atoms with Gasteiger partial charge in [0.25, 0.3) is 5.69 Å². The summed E-state index contributed by atoms with van der Waals surface area (Å²) in [5.41, 5.74) is 1.31. The predicted molar refractivity (Wildman–Crippen MR) is 82.9 cm³/mol. The summed E-state index contributed by atoms with van der Waals surface area (Å²) in [6.45, 7) is 4.55. The number of aryl methyl sites for hydroxylation is 1. The zero-order valence-corrected chi connectivity index (χ0v) is 13.4. The maximum atomic E-state index is 11.8. The molecule has 116 valence electrons. The number of non-ortho nitro benzene ring substituents is 1. The van der Waals surface area contributed by atoms with Crippen LogP contribution >= 0.6 is 11.6 Å². The molecule has 1 aromatic rings. The van der Waals surface area contributed by atoms with Gasteiger partial charge in [0.2, 0.25) is 0 Å². The Labute approximate surface area is 128 Å². The van der Waals surface area contributed by atoms with Crippen LogP contribution in [0.25, 0.3) is 0 Å². The van der Waals surface area contributed by atoms with Gasteiger partial charge in [0.15, 0.2) is 9.84 Å². The fraction of sp³-hybridized carbons (Fsp3) is 0.538. The summed E-state index contributed by atoms with van der Waals surface area (Å²) < 4.78 is 23.6. The van der Waals surface area contributed by atoms with Crippen LogP contribution in [0.4, 0.5) is 11.4 Å². The van der Waals surface area contributed by atoms with Crippen molar-refractivity contribution in [1.29, 1.82) is 0 Å². The minimum atomic E-state index is -3.05. The molecule has 0 N–H and O–H groups in total. The zero-order chi connectivity index (χ0) is 15.8. The van der Waals surface area contributed by atoms with Crippen LogP contribution in [0.3, 0.4) is 0 Å². The molecule has 1 aliphatic rings. The van der Waals surface area contributed by atoms with Gasteiger partial charge < -0.3 is 4.90 Å². The van der Waals surface area contributed by atoms with E-state index >= 15 is 0 Å². The van der Waals surface area contributed by atoms with Crippen LogP contribution in [0.15, 0.2) is 12.1 Å². The number of nitrogens with zero attached hydrogens (tertiary/aromatic N) is 2. The van der Waals surface area contributed by atoms with E-state index in [0.29, 0.717) is 24.3 Å². The lowest BCUT2D eigenvalue weighted by molar-refractivity contribution is -0.384. The van der Waals surface area contributed by atoms with E-state index in [1.807, 2.05) is 11.8 Å². The van der Waals surface area contributed by atoms with Gasteiger partial charge in [-0.15, -0.1) is 0 Å². The molecule has 0 aliphatic carbocycles. The molecule has 8 heteroatoms. The topological polar surface area (TPSA) is 80.5 Å². The zero-order valence-electron chi connectivity index (χ0n) is 11.9. The minimum absolute atomic E-state index is 0.0110. The predicted octanol–water partition coefficient (Wildman–Crippen LogP) is 2.43. The summed E-state index contributed by atoms with van der Waals surface area (Å²) >= 11 is 6.19. The summed E-state index contributed by atoms with van der Waals surface area (Å²) in [7, 11) is -3.05. The second kappa shape index (κ2) is 5.81. The highest BCUT2D eigenvalue weighted by Gasteiger charge is 2.27. The number of halogens is 1. The van der Waals surface area contributed by atoms with E-state index in [0.717, 1.165) is 0 Å². The Hall–Kier alpha value is -1.34. The fourth-order valence-electron chi connectivity index (χ4n) is 2.71. The molecule has 1 saturated heterocycles. The third-order valence-corrected chi connectivity index (χ3v) is 5.68. The standard InChI is InChI=1S/C13H17ClN2O4S/c1-9-7-15(3-4-21(19,20)8-9)13-10(2)5-11(16(17)18)6-12(13)14/h5-6,9H,3-4,7-8H2,1-2H3. The summed E-state index contributed by atoms with van der Waals surface area (Å²) in [6, 6.07) is 2.78. The summed E-state index contributed by atoms with van der Waals surface area (Å²) in [6.07, 6.45) is 0. The normalized spacial score (nSPS) is 21.9. The van der Waals surface area contributed by atoms with E-state index in [1.54, 1.807) is 6.92 Å². The number of rotatable bonds is 2. The Balaban J connectivity index is 2.40. The SMILES string of the molecule is Cc1cc([N+](=O)[O-])cc(Cl)c1N1CCS(=O)(=O)CC(C)C1. The Morgan fingerprint density at radius 1 is 1.43 bits per heavy atom. The number of nitro groups is 1. The highest BCUT2D eigenvalue weighted by atomic mass is 35.5. The molecule has 6 nitrogen and oxygen atoms in total. The van der Waals surface area contributed by atoms with Crippen molar-refractivity contribution in [2.75, 3.05) is 29.5 Å². The molecule has 1 heterocycles. The third-order valence-electron chi connectivity index (χ3n) is 3.51. The van der Waals surface area contributed by atoms with Gasteiger partial charge in [-0.1, -0.05) is 18.5 Å². The van der Waals surface area contributed by atoms with Crippen LogP contribution in [0.5, 0.6) is 0 Å². The van der Waals surface area contributed by atoms with Crippen molar-refractivity contribution in [2.24, 2.45) is 5.92 Å². The average Bonchev–Trinajstić information content (AvgIpc) is 2.46. The van der Waals surface area contributed by atoms with Crippen molar-refractivity contribution < 1.29 is 13.3 Å². The van der Waals surface area contributed by atoms with E-state index in [2.05, 4.69) is 0 Å². The lowest BCUT2D eigenvalue weighted by atomic mass is 10.1. The summed E-state index contributed by atoms with van der Waals surface area (Å²) in [5, 5.41) is 11.1. The molecule has 0 spiro atoms. The lowest BCUT2D eigenvalue weighted by Gasteiger charge is -2.27. The van der Waals surface area contributed by atoms with Crippen LogP contribution in [0.1, 0.15) is 12.5 Å². The molecule has 1 aromatic carbocycles. The molecule has 1 unspecified atom stereocenters. The maximum Gasteiger partial charge on any atom is 0.271 e. The Morgan fingerprint density at radius 3 is 2.67 bits per heavy atom. The van der Waals surface area contributed by atoms with Crippen molar-refractivity contribution in [2.45, 2.75) is 13.8 Å². The molecule has 0 aromatic heterocycles. The highest BCUT2D eigenvalue weighted by molar-refractivity contribution is 7.91. The van der Waals surface area contributed by atoms with Gasteiger partial charge in [-0.2, -0.15) is 0 Å². The van der Waals surface area contributed by atoms with Gasteiger partial charge in [-0.3, -0.25) is 10.1 Å². The molecular formula is C13H17ClN2O4S. The average molecular weight is 333 g/mol. The second-order valence-electron chi connectivity index (χ2n) is 5.52. The Morgan fingerprint density at radius 2 is 2.10 bits per heavy atom. The number of nitro benzene ring substituents is 1. The van der Waals surface area contributed by atoms with E-state index in [-0.39, 0.29) is 28.1 Å². The van der Waals surface area contributed by atoms with Crippen molar-refractivity contribution in [3.63, 3.8) is 0 Å². The van der Waals surface area contributed by atoms with Gasteiger partial charge >= 0.3 is 0 Å². The van der Waals surface area contributed by atoms with Crippen molar-refractivity contribution in [3.8, 4) is 0 Å². The van der Waals surface area contributed by atoms with Crippen molar-refractivity contribution >= 4 is 32.8 Å². The molecule has 0 amide bonds. The number of sulfone groups is 1. The maximum absolute atomic E-state index is 11.8. The van der Waals surface area contributed by atoms with E-state index < -0.39 is 14.8 Å². The van der Waals surface area contributed by atoms with Crippen LogP contribution in [-0.4, -0.2) is 37.9 Å². The van der Waals surface area contributed by atoms with E-state index in [4.69, 9.17) is 11.6 Å². The number of benzene rings is 1. The van der Waals surface area contributed by atoms with Crippen LogP contribution in [0, 0.1) is 23.0 Å². The molecule has 0 radical (unpaired) electrons. The van der Waals surface area contributed by atoms with Crippen molar-refractivity contribution in [1.82, 2.24) is 0 Å². The van der Waals surface area contributed by atoms with Gasteiger partial charge in [0.05, 0.1) is 27.1 Å². The smallest absolute Gasteiger partial charge is 0.271 e. The van der Waals surface area contributed by atoms with Crippen molar-refractivity contribution in [3.05, 3.63) is 32.8 Å². The molecule has 2 rings (SSSR count). The van der Waals surface area contributed by atoms with Gasteiger partial charge in [0.1, 0.15) is 0 Å². The third kappa shape index (κ3) is 3.65.